The average molecular weight is 413 g/mol. The fourth-order valence-corrected chi connectivity index (χ4v) is 4.40. The van der Waals surface area contributed by atoms with Crippen molar-refractivity contribution >= 4 is 17.0 Å². The van der Waals surface area contributed by atoms with E-state index in [0.717, 1.165) is 30.4 Å². The molecule has 1 aliphatic carbocycles. The van der Waals surface area contributed by atoms with Crippen LogP contribution in [0.15, 0.2) is 30.9 Å². The molecule has 2 aliphatic rings. The third-order valence-electron chi connectivity index (χ3n) is 5.94. The minimum Gasteiger partial charge on any atom is -0.508 e. The number of nitrogens with one attached hydrogen (secondary N) is 1. The maximum atomic E-state index is 10.3. The molecule has 0 spiro atoms. The molecule has 1 fully saturated rings. The van der Waals surface area contributed by atoms with Gasteiger partial charge in [-0.05, 0) is 36.5 Å². The molecule has 2 aromatic heterocycles. The van der Waals surface area contributed by atoms with Crippen molar-refractivity contribution in [1.29, 1.82) is 0 Å². The summed E-state index contributed by atoms with van der Waals surface area (Å²) in [5.74, 6) is 0.840. The first-order chi connectivity index (χ1) is 14.6. The zero-order valence-electron chi connectivity index (χ0n) is 16.1. The molecule has 5 atom stereocenters. The van der Waals surface area contributed by atoms with Gasteiger partial charge in [-0.2, -0.15) is 0 Å². The number of aromatic nitrogens is 4. The summed E-state index contributed by atoms with van der Waals surface area (Å²) in [6, 6.07) is 5.51. The second-order valence-corrected chi connectivity index (χ2v) is 7.71. The third kappa shape index (κ3) is 3.00. The highest BCUT2D eigenvalue weighted by Gasteiger charge is 2.44. The van der Waals surface area contributed by atoms with Crippen LogP contribution in [0, 0.1) is 0 Å². The Hall–Kier alpha value is -2.79. The SMILES string of the molecule is OC[C@H]1O[C@@H](n2cnc3c(NC4CCCc5c(O)cccc54)ncnc32)C(O)[C@H]1O. The molecule has 0 bridgehead atoms. The van der Waals surface area contributed by atoms with E-state index in [0.29, 0.717) is 22.7 Å². The lowest BCUT2D eigenvalue weighted by molar-refractivity contribution is -0.0511. The summed E-state index contributed by atoms with van der Waals surface area (Å²) in [6.45, 7) is -0.406. The van der Waals surface area contributed by atoms with E-state index in [1.54, 1.807) is 6.07 Å². The quantitative estimate of drug-likeness (QED) is 0.416. The van der Waals surface area contributed by atoms with Crippen molar-refractivity contribution in [1.82, 2.24) is 19.5 Å². The molecule has 30 heavy (non-hydrogen) atoms. The summed E-state index contributed by atoms with van der Waals surface area (Å²) in [5.41, 5.74) is 2.93. The predicted octanol–water partition coefficient (Wildman–Crippen LogP) is 0.633. The van der Waals surface area contributed by atoms with E-state index in [1.165, 1.54) is 17.2 Å². The molecular formula is C20H23N5O5. The Morgan fingerprint density at radius 1 is 1.17 bits per heavy atom. The lowest BCUT2D eigenvalue weighted by atomic mass is 9.87. The van der Waals surface area contributed by atoms with Gasteiger partial charge in [0.15, 0.2) is 23.2 Å². The highest BCUT2D eigenvalue weighted by Crippen LogP contribution is 2.38. The number of aliphatic hydroxyl groups excluding tert-OH is 3. The number of aliphatic hydroxyl groups is 3. The smallest absolute Gasteiger partial charge is 0.167 e. The number of anilines is 1. The van der Waals surface area contributed by atoms with Gasteiger partial charge in [0.25, 0.3) is 0 Å². The number of phenolic OH excluding ortho intramolecular Hbond substituents is 1. The first-order valence-electron chi connectivity index (χ1n) is 9.95. The summed E-state index contributed by atoms with van der Waals surface area (Å²) in [6.07, 6.45) is 1.31. The van der Waals surface area contributed by atoms with Crippen LogP contribution < -0.4 is 5.32 Å². The average Bonchev–Trinajstić information content (AvgIpc) is 3.31. The molecule has 0 amide bonds. The molecule has 1 aromatic carbocycles. The summed E-state index contributed by atoms with van der Waals surface area (Å²) in [7, 11) is 0. The van der Waals surface area contributed by atoms with Gasteiger partial charge in [0.1, 0.15) is 30.4 Å². The zero-order chi connectivity index (χ0) is 20.8. The van der Waals surface area contributed by atoms with Gasteiger partial charge in [0.05, 0.1) is 19.0 Å². The molecule has 2 unspecified atom stereocenters. The van der Waals surface area contributed by atoms with E-state index in [9.17, 15) is 20.4 Å². The van der Waals surface area contributed by atoms with Crippen LogP contribution >= 0.6 is 0 Å². The normalized spacial score (nSPS) is 28.6. The Balaban J connectivity index is 1.48. The monoisotopic (exact) mass is 413 g/mol. The van der Waals surface area contributed by atoms with Gasteiger partial charge in [0, 0.05) is 0 Å². The highest BCUT2D eigenvalue weighted by atomic mass is 16.6. The minimum absolute atomic E-state index is 0.0296. The molecule has 5 rings (SSSR count). The van der Waals surface area contributed by atoms with E-state index >= 15 is 0 Å². The van der Waals surface area contributed by atoms with E-state index in [1.807, 2.05) is 12.1 Å². The number of ether oxygens (including phenoxy) is 1. The van der Waals surface area contributed by atoms with Crippen LogP contribution in [-0.2, 0) is 11.2 Å². The van der Waals surface area contributed by atoms with Gasteiger partial charge in [0.2, 0.25) is 0 Å². The van der Waals surface area contributed by atoms with Crippen molar-refractivity contribution in [3.8, 4) is 5.75 Å². The lowest BCUT2D eigenvalue weighted by Gasteiger charge is -2.27. The molecule has 1 aliphatic heterocycles. The Kier molecular flexibility index (Phi) is 4.78. The summed E-state index contributed by atoms with van der Waals surface area (Å²) >= 11 is 0. The third-order valence-corrected chi connectivity index (χ3v) is 5.94. The van der Waals surface area contributed by atoms with E-state index in [-0.39, 0.29) is 6.04 Å². The Morgan fingerprint density at radius 3 is 2.83 bits per heavy atom. The van der Waals surface area contributed by atoms with Gasteiger partial charge in [-0.1, -0.05) is 12.1 Å². The van der Waals surface area contributed by atoms with Crippen LogP contribution in [0.2, 0.25) is 0 Å². The number of fused-ring (bicyclic) bond motifs is 2. The van der Waals surface area contributed by atoms with Crippen molar-refractivity contribution < 1.29 is 25.2 Å². The molecule has 3 heterocycles. The molecule has 10 nitrogen and oxygen atoms in total. The number of imidazole rings is 1. The van der Waals surface area contributed by atoms with E-state index < -0.39 is 31.1 Å². The van der Waals surface area contributed by atoms with Gasteiger partial charge < -0.3 is 30.5 Å². The summed E-state index contributed by atoms with van der Waals surface area (Å²) in [5, 5.41) is 43.3. The standard InChI is InChI=1S/C20H23N5O5/c26-7-14-16(28)17(29)20(30-14)25-9-23-15-18(21-8-22-19(15)25)24-12-5-1-4-11-10(12)3-2-6-13(11)27/h2-3,6,8-9,12,14,16-17,20,26-29H,1,4-5,7H2,(H,21,22,24)/t12?,14-,16+,17?,20-/m1/s1. The van der Waals surface area contributed by atoms with Crippen molar-refractivity contribution in [3.63, 3.8) is 0 Å². The molecule has 5 N–H and O–H groups in total. The Labute approximate surface area is 171 Å². The molecule has 0 saturated carbocycles. The number of benzene rings is 1. The number of aromatic hydroxyl groups is 1. The first-order valence-corrected chi connectivity index (χ1v) is 9.95. The van der Waals surface area contributed by atoms with Gasteiger partial charge in [-0.15, -0.1) is 0 Å². The van der Waals surface area contributed by atoms with Crippen molar-refractivity contribution in [3.05, 3.63) is 42.0 Å². The van der Waals surface area contributed by atoms with Gasteiger partial charge >= 0.3 is 0 Å². The topological polar surface area (TPSA) is 146 Å². The van der Waals surface area contributed by atoms with Crippen LogP contribution in [-0.4, -0.2) is 64.9 Å². The van der Waals surface area contributed by atoms with Crippen molar-refractivity contribution in [2.24, 2.45) is 0 Å². The van der Waals surface area contributed by atoms with Crippen molar-refractivity contribution in [2.45, 2.75) is 49.8 Å². The maximum Gasteiger partial charge on any atom is 0.167 e. The fourth-order valence-electron chi connectivity index (χ4n) is 4.40. The van der Waals surface area contributed by atoms with Gasteiger partial charge in [-0.25, -0.2) is 15.0 Å². The van der Waals surface area contributed by atoms with Crippen LogP contribution in [0.4, 0.5) is 5.82 Å². The molecule has 3 aromatic rings. The predicted molar refractivity (Wildman–Crippen MR) is 106 cm³/mol. The maximum absolute atomic E-state index is 10.3. The second kappa shape index (κ2) is 7.47. The highest BCUT2D eigenvalue weighted by molar-refractivity contribution is 5.83. The molecule has 158 valence electrons. The molecule has 0 radical (unpaired) electrons. The minimum atomic E-state index is -1.22. The lowest BCUT2D eigenvalue weighted by Crippen LogP contribution is -2.33. The van der Waals surface area contributed by atoms with Crippen LogP contribution in [0.1, 0.15) is 36.2 Å². The number of hydrogen-bond acceptors (Lipinski definition) is 9. The fraction of sp³-hybridized carbons (Fsp3) is 0.450. The van der Waals surface area contributed by atoms with Crippen molar-refractivity contribution in [2.75, 3.05) is 11.9 Å². The van der Waals surface area contributed by atoms with Crippen LogP contribution in [0.5, 0.6) is 5.75 Å². The largest absolute Gasteiger partial charge is 0.508 e. The van der Waals surface area contributed by atoms with E-state index in [4.69, 9.17) is 4.74 Å². The number of phenols is 1. The first kappa shape index (κ1) is 19.2. The Morgan fingerprint density at radius 2 is 2.03 bits per heavy atom. The Bertz CT molecular complexity index is 1070. The zero-order valence-corrected chi connectivity index (χ0v) is 16.1. The summed E-state index contributed by atoms with van der Waals surface area (Å²) < 4.78 is 7.14. The van der Waals surface area contributed by atoms with E-state index in [2.05, 4.69) is 20.3 Å². The van der Waals surface area contributed by atoms with Crippen LogP contribution in [0.3, 0.4) is 0 Å². The summed E-state index contributed by atoms with van der Waals surface area (Å²) in [4.78, 5) is 13.0. The van der Waals surface area contributed by atoms with Gasteiger partial charge in [-0.3, -0.25) is 4.57 Å². The second-order valence-electron chi connectivity index (χ2n) is 7.71. The number of rotatable bonds is 4. The molecule has 10 heteroatoms. The van der Waals surface area contributed by atoms with Crippen LogP contribution in [0.25, 0.3) is 11.2 Å². The molecular weight excluding hydrogens is 390 g/mol. The number of nitrogens with zero attached hydrogens (tertiary/aromatic N) is 4. The number of hydrogen-bond donors (Lipinski definition) is 5. The molecule has 1 saturated heterocycles.